The van der Waals surface area contributed by atoms with E-state index in [4.69, 9.17) is 21.3 Å². The van der Waals surface area contributed by atoms with Gasteiger partial charge in [0.2, 0.25) is 5.95 Å². The smallest absolute Gasteiger partial charge is 0.232 e. The van der Waals surface area contributed by atoms with Crippen molar-refractivity contribution in [2.75, 3.05) is 50.8 Å². The summed E-state index contributed by atoms with van der Waals surface area (Å²) in [6.07, 6.45) is 0. The van der Waals surface area contributed by atoms with Gasteiger partial charge in [-0.25, -0.2) is 0 Å². The van der Waals surface area contributed by atoms with E-state index in [1.807, 2.05) is 31.2 Å². The first-order valence-corrected chi connectivity index (χ1v) is 12.7. The van der Waals surface area contributed by atoms with Crippen molar-refractivity contribution in [3.05, 3.63) is 56.1 Å². The van der Waals surface area contributed by atoms with Crippen LogP contribution in [0.3, 0.4) is 0 Å². The molecule has 0 atom stereocenters. The van der Waals surface area contributed by atoms with Gasteiger partial charge in [-0.1, -0.05) is 29.8 Å². The van der Waals surface area contributed by atoms with E-state index in [9.17, 15) is 0 Å². The highest BCUT2D eigenvalue weighted by molar-refractivity contribution is 9.11. The van der Waals surface area contributed by atoms with Crippen LogP contribution in [0.2, 0.25) is 5.02 Å². The van der Waals surface area contributed by atoms with Gasteiger partial charge in [0.05, 0.1) is 16.1 Å². The normalized spacial score (nSPS) is 16.5. The van der Waals surface area contributed by atoms with Crippen LogP contribution < -0.4 is 4.90 Å². The van der Waals surface area contributed by atoms with Crippen molar-refractivity contribution in [3.8, 4) is 5.00 Å². The summed E-state index contributed by atoms with van der Waals surface area (Å²) in [5.41, 5.74) is 2.87. The zero-order chi connectivity index (χ0) is 22.1. The van der Waals surface area contributed by atoms with E-state index in [-0.39, 0.29) is 0 Å². The third kappa shape index (κ3) is 4.24. The number of thiophene rings is 1. The summed E-state index contributed by atoms with van der Waals surface area (Å²) in [4.78, 5) is 9.68. The SMILES string of the molecule is CCOCCN1CCN(c2nnc3n2-c2sc(Br)cc2C(c2ccccc2Cl)=NC3)CC1. The number of ether oxygens (including phenoxy) is 1. The lowest BCUT2D eigenvalue weighted by molar-refractivity contribution is 0.111. The number of aromatic nitrogens is 3. The number of hydrogen-bond acceptors (Lipinski definition) is 7. The van der Waals surface area contributed by atoms with E-state index in [0.717, 1.165) is 83.3 Å². The van der Waals surface area contributed by atoms with E-state index in [0.29, 0.717) is 11.6 Å². The van der Waals surface area contributed by atoms with Gasteiger partial charge in [-0.15, -0.1) is 21.5 Å². The van der Waals surface area contributed by atoms with Crippen molar-refractivity contribution in [1.29, 1.82) is 0 Å². The number of benzene rings is 1. The number of hydrogen-bond donors (Lipinski definition) is 0. The number of anilines is 1. The second kappa shape index (κ2) is 9.61. The largest absolute Gasteiger partial charge is 0.380 e. The number of rotatable bonds is 6. The van der Waals surface area contributed by atoms with Crippen LogP contribution in [0.4, 0.5) is 5.95 Å². The number of halogens is 2. The lowest BCUT2D eigenvalue weighted by atomic mass is 10.0. The Morgan fingerprint density at radius 1 is 1.12 bits per heavy atom. The minimum atomic E-state index is 0.459. The monoisotopic (exact) mass is 534 g/mol. The number of piperazine rings is 1. The minimum Gasteiger partial charge on any atom is -0.380 e. The Morgan fingerprint density at radius 3 is 2.72 bits per heavy atom. The maximum absolute atomic E-state index is 6.54. The van der Waals surface area contributed by atoms with Gasteiger partial charge in [0, 0.05) is 55.5 Å². The predicted molar refractivity (Wildman–Crippen MR) is 133 cm³/mol. The third-order valence-electron chi connectivity index (χ3n) is 5.77. The molecule has 2 aliphatic heterocycles. The van der Waals surface area contributed by atoms with Crippen LogP contribution in [-0.4, -0.2) is 71.3 Å². The van der Waals surface area contributed by atoms with Crippen LogP contribution in [-0.2, 0) is 11.3 Å². The molecule has 1 fully saturated rings. The average molecular weight is 536 g/mol. The molecule has 1 aromatic carbocycles. The molecule has 5 rings (SSSR count). The van der Waals surface area contributed by atoms with Crippen molar-refractivity contribution in [2.45, 2.75) is 13.5 Å². The molecule has 7 nitrogen and oxygen atoms in total. The summed E-state index contributed by atoms with van der Waals surface area (Å²) in [6, 6.07) is 9.97. The van der Waals surface area contributed by atoms with Crippen LogP contribution in [0.15, 0.2) is 39.1 Å². The highest BCUT2D eigenvalue weighted by atomic mass is 79.9. The highest BCUT2D eigenvalue weighted by Gasteiger charge is 2.29. The van der Waals surface area contributed by atoms with Gasteiger partial charge in [-0.05, 0) is 35.0 Å². The predicted octanol–water partition coefficient (Wildman–Crippen LogP) is 4.25. The van der Waals surface area contributed by atoms with Crippen LogP contribution in [0.5, 0.6) is 0 Å². The molecule has 10 heteroatoms. The molecular formula is C22H24BrClN6OS. The van der Waals surface area contributed by atoms with Crippen molar-refractivity contribution in [3.63, 3.8) is 0 Å². The molecule has 0 unspecified atom stereocenters. The molecule has 2 aromatic heterocycles. The minimum absolute atomic E-state index is 0.459. The number of aliphatic imine (C=N–C) groups is 1. The fraction of sp³-hybridized carbons (Fsp3) is 0.409. The summed E-state index contributed by atoms with van der Waals surface area (Å²) in [6.45, 7) is 8.79. The van der Waals surface area contributed by atoms with Crippen LogP contribution in [0, 0.1) is 0 Å². The molecule has 0 amide bonds. The van der Waals surface area contributed by atoms with E-state index in [2.05, 4.69) is 46.6 Å². The van der Waals surface area contributed by atoms with Crippen LogP contribution in [0.25, 0.3) is 5.00 Å². The number of fused-ring (bicyclic) bond motifs is 3. The lowest BCUT2D eigenvalue weighted by Crippen LogP contribution is -2.48. The first-order valence-electron chi connectivity index (χ1n) is 10.7. The Hall–Kier alpha value is -1.78. The topological polar surface area (TPSA) is 58.8 Å². The molecule has 3 aromatic rings. The maximum atomic E-state index is 6.54. The second-order valence-electron chi connectivity index (χ2n) is 7.69. The van der Waals surface area contributed by atoms with Gasteiger partial charge in [-0.2, -0.15) is 0 Å². The number of nitrogens with zero attached hydrogens (tertiary/aromatic N) is 6. The first kappa shape index (κ1) is 22.0. The van der Waals surface area contributed by atoms with Crippen molar-refractivity contribution >= 4 is 50.5 Å². The third-order valence-corrected chi connectivity index (χ3v) is 7.73. The Kier molecular flexibility index (Phi) is 6.61. The highest BCUT2D eigenvalue weighted by Crippen LogP contribution is 2.38. The zero-order valence-corrected chi connectivity index (χ0v) is 21.0. The fourth-order valence-corrected chi connectivity index (χ4v) is 5.96. The molecular weight excluding hydrogens is 512 g/mol. The Morgan fingerprint density at radius 2 is 1.94 bits per heavy atom. The molecule has 0 radical (unpaired) electrons. The maximum Gasteiger partial charge on any atom is 0.232 e. The molecule has 0 bridgehead atoms. The molecule has 168 valence electrons. The van der Waals surface area contributed by atoms with E-state index >= 15 is 0 Å². The Balaban J connectivity index is 1.45. The molecule has 0 aliphatic carbocycles. The standard InChI is InChI=1S/C22H24BrClN6OS/c1-2-31-12-11-28-7-9-29(10-8-28)22-27-26-19-14-25-20(15-5-3-4-6-17(15)24)16-13-18(23)32-21(16)30(19)22/h3-6,13H,2,7-12,14H2,1H3. The van der Waals surface area contributed by atoms with E-state index in [1.54, 1.807) is 11.3 Å². The van der Waals surface area contributed by atoms with Gasteiger partial charge < -0.3 is 9.64 Å². The van der Waals surface area contributed by atoms with Gasteiger partial charge in [-0.3, -0.25) is 14.5 Å². The molecule has 0 saturated carbocycles. The second-order valence-corrected chi connectivity index (χ2v) is 10.5. The van der Waals surface area contributed by atoms with Gasteiger partial charge in [0.15, 0.2) is 5.82 Å². The summed E-state index contributed by atoms with van der Waals surface area (Å²) in [5.74, 6) is 1.73. The van der Waals surface area contributed by atoms with Crippen molar-refractivity contribution in [2.24, 2.45) is 4.99 Å². The van der Waals surface area contributed by atoms with Gasteiger partial charge >= 0.3 is 0 Å². The average Bonchev–Trinajstić information content (AvgIpc) is 3.35. The Bertz CT molecular complexity index is 1140. The van der Waals surface area contributed by atoms with Crippen molar-refractivity contribution < 1.29 is 4.74 Å². The molecule has 32 heavy (non-hydrogen) atoms. The lowest BCUT2D eigenvalue weighted by Gasteiger charge is -2.35. The van der Waals surface area contributed by atoms with E-state index < -0.39 is 0 Å². The summed E-state index contributed by atoms with van der Waals surface area (Å²) in [5, 5.41) is 10.9. The fourth-order valence-electron chi connectivity index (χ4n) is 4.14. The van der Waals surface area contributed by atoms with Crippen LogP contribution >= 0.6 is 38.9 Å². The van der Waals surface area contributed by atoms with Gasteiger partial charge in [0.1, 0.15) is 11.5 Å². The van der Waals surface area contributed by atoms with Crippen LogP contribution in [0.1, 0.15) is 23.9 Å². The summed E-state index contributed by atoms with van der Waals surface area (Å²) in [7, 11) is 0. The molecule has 2 aliphatic rings. The molecule has 1 saturated heterocycles. The zero-order valence-electron chi connectivity index (χ0n) is 17.8. The van der Waals surface area contributed by atoms with E-state index in [1.165, 1.54) is 0 Å². The quantitative estimate of drug-likeness (QED) is 0.442. The summed E-state index contributed by atoms with van der Waals surface area (Å²) >= 11 is 11.9. The summed E-state index contributed by atoms with van der Waals surface area (Å²) < 4.78 is 8.73. The molecule has 4 heterocycles. The molecule has 0 N–H and O–H groups in total. The molecule has 0 spiro atoms. The van der Waals surface area contributed by atoms with Crippen molar-refractivity contribution in [1.82, 2.24) is 19.7 Å². The Labute approximate surface area is 204 Å². The van der Waals surface area contributed by atoms with Gasteiger partial charge in [0.25, 0.3) is 0 Å². The first-order chi connectivity index (χ1) is 15.7.